The number of carbonyl (C=O) groups excluding carboxylic acids is 1. The molecule has 0 aliphatic heterocycles. The first-order valence-electron chi connectivity index (χ1n) is 7.03. The number of anilines is 1. The van der Waals surface area contributed by atoms with E-state index in [1.165, 1.54) is 6.39 Å². The standard InChI is InChI=1S/C15H20N4O2/c1-3-4-12(8-16)14(20)18-13-6-5-11(7-10(13)2)15-19-17-9-21-15/h5-7,9,12H,3-4,8,16H2,1-2H3,(H,18,20). The van der Waals surface area contributed by atoms with Crippen molar-refractivity contribution in [2.45, 2.75) is 26.7 Å². The Morgan fingerprint density at radius 2 is 2.29 bits per heavy atom. The fourth-order valence-electron chi connectivity index (χ4n) is 2.18. The molecule has 0 bridgehead atoms. The Labute approximate surface area is 123 Å². The van der Waals surface area contributed by atoms with Gasteiger partial charge in [0, 0.05) is 17.8 Å². The third kappa shape index (κ3) is 3.66. The van der Waals surface area contributed by atoms with Gasteiger partial charge in [-0.2, -0.15) is 0 Å². The van der Waals surface area contributed by atoms with Crippen molar-refractivity contribution in [3.05, 3.63) is 30.2 Å². The molecule has 1 amide bonds. The lowest BCUT2D eigenvalue weighted by Gasteiger charge is -2.15. The Hall–Kier alpha value is -2.21. The quantitative estimate of drug-likeness (QED) is 0.851. The van der Waals surface area contributed by atoms with Gasteiger partial charge in [-0.05, 0) is 37.1 Å². The number of aryl methyl sites for hydroxylation is 1. The monoisotopic (exact) mass is 288 g/mol. The zero-order valence-corrected chi connectivity index (χ0v) is 12.3. The highest BCUT2D eigenvalue weighted by Crippen LogP contribution is 2.23. The minimum absolute atomic E-state index is 0.0343. The van der Waals surface area contributed by atoms with Gasteiger partial charge in [-0.25, -0.2) is 0 Å². The summed E-state index contributed by atoms with van der Waals surface area (Å²) in [5.74, 6) is 0.278. The van der Waals surface area contributed by atoms with E-state index >= 15 is 0 Å². The second-order valence-electron chi connectivity index (χ2n) is 4.98. The molecule has 21 heavy (non-hydrogen) atoms. The van der Waals surface area contributed by atoms with Crippen LogP contribution in [0.2, 0.25) is 0 Å². The second-order valence-corrected chi connectivity index (χ2v) is 4.98. The summed E-state index contributed by atoms with van der Waals surface area (Å²) in [5, 5.41) is 10.4. The Kier molecular flexibility index (Phi) is 5.05. The molecule has 2 aromatic rings. The molecule has 2 rings (SSSR count). The molecule has 0 saturated heterocycles. The molecule has 0 aliphatic carbocycles. The van der Waals surface area contributed by atoms with E-state index in [1.807, 2.05) is 32.0 Å². The topological polar surface area (TPSA) is 94.0 Å². The third-order valence-electron chi connectivity index (χ3n) is 3.38. The van der Waals surface area contributed by atoms with E-state index in [9.17, 15) is 4.79 Å². The van der Waals surface area contributed by atoms with Crippen LogP contribution >= 0.6 is 0 Å². The zero-order valence-electron chi connectivity index (χ0n) is 12.3. The van der Waals surface area contributed by atoms with Gasteiger partial charge in [-0.15, -0.1) is 10.2 Å². The Morgan fingerprint density at radius 3 is 2.86 bits per heavy atom. The molecular weight excluding hydrogens is 268 g/mol. The average Bonchev–Trinajstić information content (AvgIpc) is 3.01. The molecular formula is C15H20N4O2. The third-order valence-corrected chi connectivity index (χ3v) is 3.38. The number of nitrogens with two attached hydrogens (primary N) is 1. The number of hydrogen-bond donors (Lipinski definition) is 2. The molecule has 1 aromatic carbocycles. The van der Waals surface area contributed by atoms with Crippen LogP contribution in [0, 0.1) is 12.8 Å². The van der Waals surface area contributed by atoms with Gasteiger partial charge in [0.1, 0.15) is 0 Å². The van der Waals surface area contributed by atoms with E-state index in [-0.39, 0.29) is 11.8 Å². The lowest BCUT2D eigenvalue weighted by atomic mass is 10.0. The molecule has 6 heteroatoms. The summed E-state index contributed by atoms with van der Waals surface area (Å²) in [6.07, 6.45) is 3.02. The summed E-state index contributed by atoms with van der Waals surface area (Å²) in [6.45, 7) is 4.33. The highest BCUT2D eigenvalue weighted by Gasteiger charge is 2.16. The fourth-order valence-corrected chi connectivity index (χ4v) is 2.18. The lowest BCUT2D eigenvalue weighted by molar-refractivity contribution is -0.119. The van der Waals surface area contributed by atoms with Gasteiger partial charge < -0.3 is 15.5 Å². The van der Waals surface area contributed by atoms with Crippen LogP contribution in [-0.4, -0.2) is 22.6 Å². The normalized spacial score (nSPS) is 12.1. The number of nitrogens with one attached hydrogen (secondary N) is 1. The van der Waals surface area contributed by atoms with Crippen LogP contribution in [0.3, 0.4) is 0 Å². The Morgan fingerprint density at radius 1 is 1.48 bits per heavy atom. The summed E-state index contributed by atoms with van der Waals surface area (Å²) in [7, 11) is 0. The van der Waals surface area contributed by atoms with Crippen LogP contribution in [-0.2, 0) is 4.79 Å². The first-order valence-corrected chi connectivity index (χ1v) is 7.03. The first kappa shape index (κ1) is 15.2. The second kappa shape index (κ2) is 6.99. The van der Waals surface area contributed by atoms with Gasteiger partial charge in [0.2, 0.25) is 18.2 Å². The molecule has 3 N–H and O–H groups in total. The smallest absolute Gasteiger partial charge is 0.247 e. The number of carbonyl (C=O) groups is 1. The molecule has 6 nitrogen and oxygen atoms in total. The number of benzene rings is 1. The van der Waals surface area contributed by atoms with Crippen molar-refractivity contribution in [2.75, 3.05) is 11.9 Å². The molecule has 0 spiro atoms. The maximum Gasteiger partial charge on any atom is 0.247 e. The van der Waals surface area contributed by atoms with Gasteiger partial charge in [-0.3, -0.25) is 4.79 Å². The van der Waals surface area contributed by atoms with Gasteiger partial charge in [-0.1, -0.05) is 13.3 Å². The summed E-state index contributed by atoms with van der Waals surface area (Å²) in [6, 6.07) is 5.58. The SMILES string of the molecule is CCCC(CN)C(=O)Nc1ccc(-c2nnco2)cc1C. The molecule has 1 unspecified atom stereocenters. The molecule has 1 atom stereocenters. The molecule has 112 valence electrons. The minimum atomic E-state index is -0.148. The fraction of sp³-hybridized carbons (Fsp3) is 0.400. The molecule has 0 aliphatic rings. The van der Waals surface area contributed by atoms with Gasteiger partial charge in [0.25, 0.3) is 0 Å². The molecule has 0 saturated carbocycles. The van der Waals surface area contributed by atoms with E-state index in [2.05, 4.69) is 15.5 Å². The van der Waals surface area contributed by atoms with Crippen molar-refractivity contribution in [1.82, 2.24) is 10.2 Å². The molecule has 1 aromatic heterocycles. The zero-order chi connectivity index (χ0) is 15.2. The van der Waals surface area contributed by atoms with Crippen molar-refractivity contribution >= 4 is 11.6 Å². The lowest BCUT2D eigenvalue weighted by Crippen LogP contribution is -2.29. The van der Waals surface area contributed by atoms with Crippen LogP contribution in [0.4, 0.5) is 5.69 Å². The molecule has 0 radical (unpaired) electrons. The number of amides is 1. The van der Waals surface area contributed by atoms with E-state index in [4.69, 9.17) is 10.2 Å². The number of aromatic nitrogens is 2. The predicted octanol–water partition coefficient (Wildman–Crippen LogP) is 2.36. The van der Waals surface area contributed by atoms with Crippen molar-refractivity contribution in [1.29, 1.82) is 0 Å². The van der Waals surface area contributed by atoms with E-state index in [0.29, 0.717) is 12.4 Å². The summed E-state index contributed by atoms with van der Waals surface area (Å²) < 4.78 is 5.16. The van der Waals surface area contributed by atoms with Crippen molar-refractivity contribution in [3.63, 3.8) is 0 Å². The number of hydrogen-bond acceptors (Lipinski definition) is 5. The van der Waals surface area contributed by atoms with Crippen LogP contribution in [0.1, 0.15) is 25.3 Å². The van der Waals surface area contributed by atoms with E-state index in [0.717, 1.165) is 29.7 Å². The Balaban J connectivity index is 2.12. The van der Waals surface area contributed by atoms with Crippen LogP contribution in [0.25, 0.3) is 11.5 Å². The van der Waals surface area contributed by atoms with Crippen molar-refractivity contribution in [2.24, 2.45) is 11.7 Å². The van der Waals surface area contributed by atoms with Crippen LogP contribution in [0.5, 0.6) is 0 Å². The van der Waals surface area contributed by atoms with Crippen LogP contribution < -0.4 is 11.1 Å². The summed E-state index contributed by atoms with van der Waals surface area (Å²) in [5.41, 5.74) is 8.19. The van der Waals surface area contributed by atoms with Gasteiger partial charge in [0.05, 0.1) is 5.92 Å². The van der Waals surface area contributed by atoms with Crippen molar-refractivity contribution < 1.29 is 9.21 Å². The number of nitrogens with zero attached hydrogens (tertiary/aromatic N) is 2. The molecule has 0 fully saturated rings. The first-order chi connectivity index (χ1) is 10.2. The highest BCUT2D eigenvalue weighted by molar-refractivity contribution is 5.93. The minimum Gasteiger partial charge on any atom is -0.423 e. The van der Waals surface area contributed by atoms with E-state index in [1.54, 1.807) is 0 Å². The van der Waals surface area contributed by atoms with Crippen molar-refractivity contribution in [3.8, 4) is 11.5 Å². The van der Waals surface area contributed by atoms with Gasteiger partial charge in [0.15, 0.2) is 0 Å². The predicted molar refractivity (Wildman–Crippen MR) is 80.6 cm³/mol. The summed E-state index contributed by atoms with van der Waals surface area (Å²) in [4.78, 5) is 12.2. The maximum absolute atomic E-state index is 12.2. The maximum atomic E-state index is 12.2. The number of rotatable bonds is 6. The summed E-state index contributed by atoms with van der Waals surface area (Å²) >= 11 is 0. The van der Waals surface area contributed by atoms with Gasteiger partial charge >= 0.3 is 0 Å². The van der Waals surface area contributed by atoms with E-state index < -0.39 is 0 Å². The highest BCUT2D eigenvalue weighted by atomic mass is 16.4. The van der Waals surface area contributed by atoms with Crippen LogP contribution in [0.15, 0.2) is 29.0 Å². The average molecular weight is 288 g/mol. The Bertz CT molecular complexity index is 596. The molecule has 1 heterocycles. The largest absolute Gasteiger partial charge is 0.423 e.